The molecule has 4 aromatic rings. The molecule has 4 aromatic carbocycles. The van der Waals surface area contributed by atoms with Crippen molar-refractivity contribution in [1.29, 1.82) is 0 Å². The largest absolute Gasteiger partial charge is 0.497 e. The minimum atomic E-state index is 0.396. The molecule has 0 aromatic heterocycles. The first-order valence-corrected chi connectivity index (χ1v) is 14.3. The Hall–Kier alpha value is -5.02. The number of anilines is 1. The molecule has 1 aliphatic rings. The van der Waals surface area contributed by atoms with Gasteiger partial charge in [0.25, 0.3) is 0 Å². The van der Waals surface area contributed by atoms with Crippen LogP contribution in [0, 0.1) is 13.8 Å². The number of amidine groups is 2. The number of para-hydroxylation sites is 2. The molecule has 1 fully saturated rings. The molecule has 0 spiro atoms. The maximum absolute atomic E-state index is 6.09. The number of ether oxygens (including phenoxy) is 3. The van der Waals surface area contributed by atoms with Crippen LogP contribution in [0.25, 0.3) is 0 Å². The van der Waals surface area contributed by atoms with Crippen molar-refractivity contribution in [2.24, 2.45) is 15.1 Å². The number of hydrogen-bond donors (Lipinski definition) is 0. The van der Waals surface area contributed by atoms with Crippen molar-refractivity contribution in [3.63, 3.8) is 0 Å². The van der Waals surface area contributed by atoms with Crippen molar-refractivity contribution >= 4 is 52.3 Å². The van der Waals surface area contributed by atoms with Crippen LogP contribution >= 0.6 is 12.2 Å². The van der Waals surface area contributed by atoms with E-state index in [9.17, 15) is 0 Å². The molecule has 1 saturated heterocycles. The number of methoxy groups -OCH3 is 2. The molecule has 0 aliphatic carbocycles. The summed E-state index contributed by atoms with van der Waals surface area (Å²) < 4.78 is 16.7. The minimum Gasteiger partial charge on any atom is -0.497 e. The number of hydrazone groups is 1. The van der Waals surface area contributed by atoms with Crippen LogP contribution in [0.3, 0.4) is 0 Å². The molecule has 0 saturated carbocycles. The van der Waals surface area contributed by atoms with Gasteiger partial charge in [0.2, 0.25) is 10.9 Å². The minimum absolute atomic E-state index is 0.396. The van der Waals surface area contributed by atoms with Gasteiger partial charge in [-0.3, -0.25) is 4.90 Å². The molecule has 8 nitrogen and oxygen atoms in total. The number of thiocarbonyl (C=S) groups is 1. The maximum atomic E-state index is 6.09. The van der Waals surface area contributed by atoms with Gasteiger partial charge >= 0.3 is 0 Å². The van der Waals surface area contributed by atoms with Crippen LogP contribution in [-0.4, -0.2) is 48.8 Å². The van der Waals surface area contributed by atoms with Gasteiger partial charge in [0.15, 0.2) is 5.84 Å². The third-order valence-corrected chi connectivity index (χ3v) is 7.18. The Morgan fingerprint density at radius 1 is 0.744 bits per heavy atom. The normalized spacial score (nSPS) is 15.1. The SMILES string of the molecule is CCOc1ccc(N2C(=S)N(/N=C/c3ccc(OC)cc3OC)C(=Nc3ccccc3C)C2=Nc2ccccc2C)cc1. The molecular formula is C34H33N5O3S. The molecule has 5 rings (SSSR count). The lowest BCUT2D eigenvalue weighted by molar-refractivity contribution is 0.340. The summed E-state index contributed by atoms with van der Waals surface area (Å²) in [7, 11) is 3.22. The molecule has 9 heteroatoms. The van der Waals surface area contributed by atoms with Crippen molar-refractivity contribution in [3.8, 4) is 17.2 Å². The predicted molar refractivity (Wildman–Crippen MR) is 178 cm³/mol. The number of aliphatic imine (C=N–C) groups is 2. The molecule has 0 bridgehead atoms. The van der Waals surface area contributed by atoms with Crippen LogP contribution in [0.4, 0.5) is 17.1 Å². The van der Waals surface area contributed by atoms with E-state index in [1.807, 2.05) is 117 Å². The van der Waals surface area contributed by atoms with Crippen LogP contribution in [-0.2, 0) is 0 Å². The first-order valence-electron chi connectivity index (χ1n) is 13.9. The van der Waals surface area contributed by atoms with Crippen LogP contribution in [0.15, 0.2) is 106 Å². The van der Waals surface area contributed by atoms with Gasteiger partial charge in [-0.2, -0.15) is 10.1 Å². The summed E-state index contributed by atoms with van der Waals surface area (Å²) in [5, 5.41) is 6.88. The van der Waals surface area contributed by atoms with E-state index in [0.717, 1.165) is 39.5 Å². The molecule has 0 N–H and O–H groups in total. The van der Waals surface area contributed by atoms with Gasteiger partial charge in [-0.05, 0) is 92.6 Å². The average Bonchev–Trinajstić information content (AvgIpc) is 3.28. The van der Waals surface area contributed by atoms with E-state index >= 15 is 0 Å². The van der Waals surface area contributed by atoms with E-state index in [1.54, 1.807) is 25.4 Å². The summed E-state index contributed by atoms with van der Waals surface area (Å²) in [4.78, 5) is 12.1. The second-order valence-electron chi connectivity index (χ2n) is 9.65. The summed E-state index contributed by atoms with van der Waals surface area (Å²) in [6, 6.07) is 29.2. The molecule has 0 unspecified atom stereocenters. The first-order chi connectivity index (χ1) is 20.9. The molecule has 1 heterocycles. The Kier molecular flexibility index (Phi) is 9.12. The maximum Gasteiger partial charge on any atom is 0.209 e. The highest BCUT2D eigenvalue weighted by atomic mass is 32.1. The number of nitrogens with zero attached hydrogens (tertiary/aromatic N) is 5. The van der Waals surface area contributed by atoms with E-state index in [-0.39, 0.29) is 0 Å². The molecule has 1 aliphatic heterocycles. The van der Waals surface area contributed by atoms with Crippen LogP contribution in [0.1, 0.15) is 23.6 Å². The standard InChI is InChI=1S/C34H33N5O3S/c1-6-42-27-19-16-26(17-20-27)38-32(36-29-13-9-7-11-23(29)2)33(37-30-14-10-8-12-24(30)3)39(34(38)43)35-22-25-15-18-28(40-4)21-31(25)41-5/h7-22H,6H2,1-5H3/b35-22+,36-32?,37-33?. The van der Waals surface area contributed by atoms with E-state index in [1.165, 1.54) is 0 Å². The Morgan fingerprint density at radius 2 is 1.35 bits per heavy atom. The molecular weight excluding hydrogens is 558 g/mol. The number of hydrogen-bond acceptors (Lipinski definition) is 7. The summed E-state index contributed by atoms with van der Waals surface area (Å²) in [5.41, 5.74) is 5.17. The third kappa shape index (κ3) is 6.42. The lowest BCUT2D eigenvalue weighted by atomic mass is 10.2. The van der Waals surface area contributed by atoms with Gasteiger partial charge in [0, 0.05) is 11.6 Å². The van der Waals surface area contributed by atoms with Crippen molar-refractivity contribution in [2.45, 2.75) is 20.8 Å². The Morgan fingerprint density at radius 3 is 1.93 bits per heavy atom. The highest BCUT2D eigenvalue weighted by Crippen LogP contribution is 2.31. The fraction of sp³-hybridized carbons (Fsp3) is 0.176. The van der Waals surface area contributed by atoms with E-state index in [2.05, 4.69) is 0 Å². The van der Waals surface area contributed by atoms with Crippen LogP contribution in [0.5, 0.6) is 17.2 Å². The van der Waals surface area contributed by atoms with Gasteiger partial charge in [0.05, 0.1) is 44.1 Å². The Balaban J connectivity index is 1.70. The first kappa shape index (κ1) is 29.5. The predicted octanol–water partition coefficient (Wildman–Crippen LogP) is 7.62. The van der Waals surface area contributed by atoms with Crippen LogP contribution < -0.4 is 19.1 Å². The molecule has 218 valence electrons. The quantitative estimate of drug-likeness (QED) is 0.147. The Bertz CT molecular complexity index is 1720. The highest BCUT2D eigenvalue weighted by Gasteiger charge is 2.39. The van der Waals surface area contributed by atoms with Crippen molar-refractivity contribution in [1.82, 2.24) is 5.01 Å². The fourth-order valence-corrected chi connectivity index (χ4v) is 4.84. The topological polar surface area (TPSA) is 71.2 Å². The number of rotatable bonds is 9. The molecule has 43 heavy (non-hydrogen) atoms. The van der Waals surface area contributed by atoms with Crippen LogP contribution in [0.2, 0.25) is 0 Å². The molecule has 0 amide bonds. The number of aryl methyl sites for hydroxylation is 2. The van der Waals surface area contributed by atoms with Gasteiger partial charge in [0.1, 0.15) is 17.2 Å². The lowest BCUT2D eigenvalue weighted by Crippen LogP contribution is -2.31. The summed E-state index contributed by atoms with van der Waals surface area (Å²) >= 11 is 6.09. The average molecular weight is 592 g/mol. The third-order valence-electron chi connectivity index (χ3n) is 6.83. The van der Waals surface area contributed by atoms with Gasteiger partial charge in [-0.1, -0.05) is 36.4 Å². The summed E-state index contributed by atoms with van der Waals surface area (Å²) in [6.07, 6.45) is 1.70. The zero-order chi connectivity index (χ0) is 30.3. The van der Waals surface area contributed by atoms with E-state index in [4.69, 9.17) is 41.5 Å². The summed E-state index contributed by atoms with van der Waals surface area (Å²) in [6.45, 7) is 6.58. The second kappa shape index (κ2) is 13.3. The van der Waals surface area contributed by atoms with Crippen molar-refractivity contribution < 1.29 is 14.2 Å². The van der Waals surface area contributed by atoms with E-state index in [0.29, 0.717) is 34.9 Å². The van der Waals surface area contributed by atoms with Gasteiger partial charge < -0.3 is 14.2 Å². The zero-order valence-electron chi connectivity index (χ0n) is 24.8. The summed E-state index contributed by atoms with van der Waals surface area (Å²) in [5.74, 6) is 3.10. The molecule has 0 atom stereocenters. The lowest BCUT2D eigenvalue weighted by Gasteiger charge is -2.18. The van der Waals surface area contributed by atoms with Crippen molar-refractivity contribution in [2.75, 3.05) is 25.7 Å². The monoisotopic (exact) mass is 591 g/mol. The number of benzene rings is 4. The van der Waals surface area contributed by atoms with Gasteiger partial charge in [-0.15, -0.1) is 0 Å². The second-order valence-corrected chi connectivity index (χ2v) is 10.0. The fourth-order valence-electron chi connectivity index (χ4n) is 4.51. The zero-order valence-corrected chi connectivity index (χ0v) is 25.6. The van der Waals surface area contributed by atoms with Crippen molar-refractivity contribution in [3.05, 3.63) is 108 Å². The highest BCUT2D eigenvalue weighted by molar-refractivity contribution is 7.80. The van der Waals surface area contributed by atoms with E-state index < -0.39 is 0 Å². The molecule has 0 radical (unpaired) electrons. The Labute approximate surface area is 257 Å². The smallest absolute Gasteiger partial charge is 0.209 e. The van der Waals surface area contributed by atoms with Gasteiger partial charge in [-0.25, -0.2) is 9.98 Å².